The predicted octanol–water partition coefficient (Wildman–Crippen LogP) is 2.52. The molecule has 5 heteroatoms. The van der Waals surface area contributed by atoms with E-state index >= 15 is 0 Å². The molecule has 0 aliphatic heterocycles. The molecule has 1 unspecified atom stereocenters. The topological polar surface area (TPSA) is 55.2 Å². The van der Waals surface area contributed by atoms with Crippen LogP contribution in [0.25, 0.3) is 0 Å². The molecule has 20 heavy (non-hydrogen) atoms. The van der Waals surface area contributed by atoms with Gasteiger partial charge < -0.3 is 9.84 Å². The lowest BCUT2D eigenvalue weighted by Gasteiger charge is -2.15. The number of aromatic nitrogens is 2. The van der Waals surface area contributed by atoms with E-state index in [1.165, 1.54) is 12.3 Å². The zero-order valence-corrected chi connectivity index (χ0v) is 11.7. The van der Waals surface area contributed by atoms with E-state index in [-0.39, 0.29) is 12.0 Å². The first-order chi connectivity index (χ1) is 9.54. The molecule has 2 aromatic heterocycles. The number of pyridine rings is 2. The predicted molar refractivity (Wildman–Crippen MR) is 73.1 cm³/mol. The van der Waals surface area contributed by atoms with Gasteiger partial charge in [-0.05, 0) is 19.9 Å². The molecule has 0 fully saturated rings. The molecule has 1 N–H and O–H groups in total. The second kappa shape index (κ2) is 5.96. The van der Waals surface area contributed by atoms with Gasteiger partial charge >= 0.3 is 0 Å². The lowest BCUT2D eigenvalue weighted by Crippen LogP contribution is -2.08. The van der Waals surface area contributed by atoms with E-state index in [0.29, 0.717) is 5.69 Å². The minimum absolute atomic E-state index is 0.223. The monoisotopic (exact) mass is 276 g/mol. The Morgan fingerprint density at radius 2 is 2.10 bits per heavy atom. The average Bonchev–Trinajstić information content (AvgIpc) is 2.43. The van der Waals surface area contributed by atoms with Crippen molar-refractivity contribution in [2.45, 2.75) is 26.4 Å². The first-order valence-corrected chi connectivity index (χ1v) is 6.31. The molecule has 1 atom stereocenters. The third-order valence-electron chi connectivity index (χ3n) is 3.30. The Balaban J connectivity index is 2.29. The molecule has 0 spiro atoms. The van der Waals surface area contributed by atoms with Gasteiger partial charge in [0.25, 0.3) is 0 Å². The zero-order valence-electron chi connectivity index (χ0n) is 11.7. The van der Waals surface area contributed by atoms with Crippen molar-refractivity contribution in [3.8, 4) is 5.75 Å². The second-order valence-corrected chi connectivity index (χ2v) is 4.66. The number of hydrogen-bond acceptors (Lipinski definition) is 4. The standard InChI is InChI=1S/C15H17FN2O2/c1-9-7-18-13(10(2)15(9)20-3)6-14(19)11-4-5-17-8-12(11)16/h4-5,7-8,14,19H,6H2,1-3H3. The van der Waals surface area contributed by atoms with Crippen molar-refractivity contribution in [1.29, 1.82) is 0 Å². The van der Waals surface area contributed by atoms with Crippen LogP contribution in [0, 0.1) is 19.7 Å². The van der Waals surface area contributed by atoms with Crippen molar-refractivity contribution in [1.82, 2.24) is 9.97 Å². The molecule has 0 aliphatic carbocycles. The van der Waals surface area contributed by atoms with Crippen LogP contribution in [0.1, 0.15) is 28.5 Å². The summed E-state index contributed by atoms with van der Waals surface area (Å²) in [5.74, 6) is 0.231. The van der Waals surface area contributed by atoms with Crippen LogP contribution in [0.4, 0.5) is 4.39 Å². The van der Waals surface area contributed by atoms with Crippen LogP contribution in [0.2, 0.25) is 0 Å². The molecule has 0 saturated carbocycles. The van der Waals surface area contributed by atoms with Gasteiger partial charge in [0.15, 0.2) is 0 Å². The molecule has 2 rings (SSSR count). The Hall–Kier alpha value is -2.01. The SMILES string of the molecule is COc1c(C)cnc(CC(O)c2ccncc2F)c1C. The summed E-state index contributed by atoms with van der Waals surface area (Å²) in [4.78, 5) is 7.97. The minimum atomic E-state index is -0.961. The highest BCUT2D eigenvalue weighted by molar-refractivity contribution is 5.41. The third-order valence-corrected chi connectivity index (χ3v) is 3.30. The highest BCUT2D eigenvalue weighted by atomic mass is 19.1. The Labute approximate surface area is 117 Å². The van der Waals surface area contributed by atoms with Gasteiger partial charge in [-0.15, -0.1) is 0 Å². The van der Waals surface area contributed by atoms with Gasteiger partial charge in [0.05, 0.1) is 19.4 Å². The normalized spacial score (nSPS) is 12.2. The number of methoxy groups -OCH3 is 1. The highest BCUT2D eigenvalue weighted by Gasteiger charge is 2.17. The highest BCUT2D eigenvalue weighted by Crippen LogP contribution is 2.27. The van der Waals surface area contributed by atoms with Crippen LogP contribution in [0.5, 0.6) is 5.75 Å². The molecule has 0 aliphatic rings. The largest absolute Gasteiger partial charge is 0.496 e. The fourth-order valence-corrected chi connectivity index (χ4v) is 2.23. The summed E-state index contributed by atoms with van der Waals surface area (Å²) in [7, 11) is 1.60. The fourth-order valence-electron chi connectivity index (χ4n) is 2.23. The Morgan fingerprint density at radius 1 is 1.35 bits per heavy atom. The van der Waals surface area contributed by atoms with E-state index in [0.717, 1.165) is 23.1 Å². The average molecular weight is 276 g/mol. The Bertz CT molecular complexity index is 617. The lowest BCUT2D eigenvalue weighted by molar-refractivity contribution is 0.172. The van der Waals surface area contributed by atoms with Crippen LogP contribution in [-0.2, 0) is 6.42 Å². The van der Waals surface area contributed by atoms with Gasteiger partial charge in [-0.25, -0.2) is 4.39 Å². The molecule has 106 valence electrons. The van der Waals surface area contributed by atoms with Crippen molar-refractivity contribution < 1.29 is 14.2 Å². The molecule has 0 bridgehead atoms. The number of aliphatic hydroxyl groups excluding tert-OH is 1. The molecule has 2 heterocycles. The Morgan fingerprint density at radius 3 is 2.75 bits per heavy atom. The van der Waals surface area contributed by atoms with Gasteiger partial charge in [0.2, 0.25) is 0 Å². The maximum atomic E-state index is 13.6. The maximum absolute atomic E-state index is 13.6. The summed E-state index contributed by atoms with van der Waals surface area (Å²) >= 11 is 0. The van der Waals surface area contributed by atoms with Gasteiger partial charge in [0.1, 0.15) is 11.6 Å². The zero-order chi connectivity index (χ0) is 14.7. The Kier molecular flexibility index (Phi) is 4.29. The van der Waals surface area contributed by atoms with E-state index in [2.05, 4.69) is 9.97 Å². The molecule has 2 aromatic rings. The summed E-state index contributed by atoms with van der Waals surface area (Å²) in [5.41, 5.74) is 2.70. The molecule has 0 radical (unpaired) electrons. The number of halogens is 1. The van der Waals surface area contributed by atoms with Crippen LogP contribution in [-0.4, -0.2) is 22.2 Å². The number of hydrogen-bond donors (Lipinski definition) is 1. The van der Waals surface area contributed by atoms with Gasteiger partial charge in [-0.1, -0.05) is 0 Å². The molecule has 4 nitrogen and oxygen atoms in total. The molecular formula is C15H17FN2O2. The number of ether oxygens (including phenoxy) is 1. The summed E-state index contributed by atoms with van der Waals surface area (Å²) in [6.07, 6.45) is 3.50. The maximum Gasteiger partial charge on any atom is 0.147 e. The first-order valence-electron chi connectivity index (χ1n) is 6.31. The van der Waals surface area contributed by atoms with Crippen molar-refractivity contribution in [3.63, 3.8) is 0 Å². The fraction of sp³-hybridized carbons (Fsp3) is 0.333. The van der Waals surface area contributed by atoms with Crippen molar-refractivity contribution in [2.75, 3.05) is 7.11 Å². The van der Waals surface area contributed by atoms with Crippen LogP contribution < -0.4 is 4.74 Å². The lowest BCUT2D eigenvalue weighted by atomic mass is 10.0. The van der Waals surface area contributed by atoms with Crippen LogP contribution in [0.15, 0.2) is 24.7 Å². The van der Waals surface area contributed by atoms with Crippen molar-refractivity contribution in [3.05, 3.63) is 52.9 Å². The van der Waals surface area contributed by atoms with E-state index in [1.54, 1.807) is 13.3 Å². The molecular weight excluding hydrogens is 259 g/mol. The third kappa shape index (κ3) is 2.77. The number of nitrogens with zero attached hydrogens (tertiary/aromatic N) is 2. The number of rotatable bonds is 4. The quantitative estimate of drug-likeness (QED) is 0.932. The van der Waals surface area contributed by atoms with E-state index in [9.17, 15) is 9.50 Å². The first kappa shape index (κ1) is 14.4. The summed E-state index contributed by atoms with van der Waals surface area (Å²) in [6.45, 7) is 3.78. The molecule has 0 amide bonds. The number of aliphatic hydroxyl groups is 1. The van der Waals surface area contributed by atoms with E-state index in [1.807, 2.05) is 13.8 Å². The van der Waals surface area contributed by atoms with Crippen molar-refractivity contribution in [2.24, 2.45) is 0 Å². The summed E-state index contributed by atoms with van der Waals surface area (Å²) < 4.78 is 18.9. The second-order valence-electron chi connectivity index (χ2n) is 4.66. The van der Waals surface area contributed by atoms with Gasteiger partial charge in [-0.3, -0.25) is 9.97 Å². The van der Waals surface area contributed by atoms with Crippen LogP contribution in [0.3, 0.4) is 0 Å². The van der Waals surface area contributed by atoms with Crippen LogP contribution >= 0.6 is 0 Å². The van der Waals surface area contributed by atoms with E-state index < -0.39 is 11.9 Å². The van der Waals surface area contributed by atoms with Crippen molar-refractivity contribution >= 4 is 0 Å². The summed E-state index contributed by atoms with van der Waals surface area (Å²) in [6, 6.07) is 1.47. The van der Waals surface area contributed by atoms with Gasteiger partial charge in [0, 0.05) is 41.2 Å². The van der Waals surface area contributed by atoms with E-state index in [4.69, 9.17) is 4.74 Å². The van der Waals surface area contributed by atoms with Gasteiger partial charge in [-0.2, -0.15) is 0 Å². The summed E-state index contributed by atoms with van der Waals surface area (Å²) in [5, 5.41) is 10.2. The molecule has 0 saturated heterocycles. The smallest absolute Gasteiger partial charge is 0.147 e. The minimum Gasteiger partial charge on any atom is -0.496 e. The molecule has 0 aromatic carbocycles. The number of aryl methyl sites for hydroxylation is 1.